The second kappa shape index (κ2) is 6.55. The van der Waals surface area contributed by atoms with Gasteiger partial charge in [-0.25, -0.2) is 9.97 Å². The van der Waals surface area contributed by atoms with E-state index < -0.39 is 0 Å². The number of aromatic nitrogens is 2. The largest absolute Gasteiger partial charge is 0.241 e. The molecule has 112 valence electrons. The molecule has 1 aromatic heterocycles. The highest BCUT2D eigenvalue weighted by Crippen LogP contribution is 2.32. The molecule has 0 spiro atoms. The molecule has 1 unspecified atom stereocenters. The van der Waals surface area contributed by atoms with E-state index in [1.807, 2.05) is 0 Å². The monoisotopic (exact) mass is 282 g/mol. The van der Waals surface area contributed by atoms with E-state index in [9.17, 15) is 0 Å². The fourth-order valence-corrected chi connectivity index (χ4v) is 3.55. The van der Waals surface area contributed by atoms with Gasteiger partial charge in [0.15, 0.2) is 0 Å². The van der Waals surface area contributed by atoms with Gasteiger partial charge in [0, 0.05) is 23.6 Å². The summed E-state index contributed by atoms with van der Waals surface area (Å²) < 4.78 is 0. The second-order valence-corrected chi connectivity index (χ2v) is 6.77. The molecule has 0 saturated heterocycles. The number of fused-ring (bicyclic) bond motifs is 1. The molecular weight excluding hydrogens is 256 g/mol. The Morgan fingerprint density at radius 1 is 1.00 bits per heavy atom. The van der Waals surface area contributed by atoms with Gasteiger partial charge >= 0.3 is 0 Å². The lowest BCUT2D eigenvalue weighted by Gasteiger charge is -2.22. The van der Waals surface area contributed by atoms with E-state index in [1.165, 1.54) is 44.1 Å². The average molecular weight is 282 g/mol. The Kier molecular flexibility index (Phi) is 4.52. The van der Waals surface area contributed by atoms with Crippen molar-refractivity contribution in [1.82, 2.24) is 9.97 Å². The first kappa shape index (κ1) is 14.5. The van der Waals surface area contributed by atoms with Gasteiger partial charge in [-0.1, -0.05) is 57.8 Å². The Morgan fingerprint density at radius 2 is 1.76 bits per heavy atom. The van der Waals surface area contributed by atoms with Gasteiger partial charge in [0.05, 0.1) is 5.69 Å². The van der Waals surface area contributed by atoms with Gasteiger partial charge in [0.1, 0.15) is 5.82 Å². The summed E-state index contributed by atoms with van der Waals surface area (Å²) in [7, 11) is 0. The zero-order chi connectivity index (χ0) is 14.7. The lowest BCUT2D eigenvalue weighted by molar-refractivity contribution is 0.371. The molecule has 1 saturated carbocycles. The summed E-state index contributed by atoms with van der Waals surface area (Å²) in [6, 6.07) is 0. The van der Waals surface area contributed by atoms with Crippen LogP contribution in [0.3, 0.4) is 0 Å². The highest BCUT2D eigenvalue weighted by Gasteiger charge is 2.20. The first-order chi connectivity index (χ1) is 10.2. The Labute approximate surface area is 128 Å². The number of hydrogen-bond acceptors (Lipinski definition) is 2. The molecule has 2 heteroatoms. The second-order valence-electron chi connectivity index (χ2n) is 6.77. The molecule has 3 rings (SSSR count). The van der Waals surface area contributed by atoms with E-state index in [0.29, 0.717) is 11.8 Å². The first-order valence-corrected chi connectivity index (χ1v) is 8.45. The summed E-state index contributed by atoms with van der Waals surface area (Å²) in [6.07, 6.45) is 18.5. The van der Waals surface area contributed by atoms with Crippen LogP contribution in [0.5, 0.6) is 0 Å². The zero-order valence-electron chi connectivity index (χ0n) is 13.3. The maximum Gasteiger partial charge on any atom is 0.132 e. The zero-order valence-corrected chi connectivity index (χ0v) is 13.3. The molecule has 1 heterocycles. The van der Waals surface area contributed by atoms with Crippen molar-refractivity contribution in [3.05, 3.63) is 41.5 Å². The average Bonchev–Trinajstić information content (AvgIpc) is 2.64. The lowest BCUT2D eigenvalue weighted by atomic mass is 9.86. The number of nitrogens with zero attached hydrogens (tertiary/aromatic N) is 2. The van der Waals surface area contributed by atoms with Crippen molar-refractivity contribution in [2.45, 2.75) is 64.2 Å². The van der Waals surface area contributed by atoms with Crippen LogP contribution in [0.4, 0.5) is 0 Å². The Morgan fingerprint density at radius 3 is 2.52 bits per heavy atom. The van der Waals surface area contributed by atoms with Crippen molar-refractivity contribution in [2.24, 2.45) is 5.92 Å². The molecule has 2 aliphatic carbocycles. The van der Waals surface area contributed by atoms with Crippen LogP contribution < -0.4 is 0 Å². The summed E-state index contributed by atoms with van der Waals surface area (Å²) in [5, 5.41) is 0. The Hall–Kier alpha value is -1.44. The van der Waals surface area contributed by atoms with Crippen LogP contribution in [0.25, 0.3) is 6.08 Å². The van der Waals surface area contributed by atoms with Crippen LogP contribution in [0.2, 0.25) is 0 Å². The fraction of sp³-hybridized carbons (Fsp3) is 0.579. The van der Waals surface area contributed by atoms with Crippen molar-refractivity contribution in [2.75, 3.05) is 0 Å². The van der Waals surface area contributed by atoms with E-state index in [-0.39, 0.29) is 0 Å². The predicted molar refractivity (Wildman–Crippen MR) is 88.2 cm³/mol. The van der Waals surface area contributed by atoms with E-state index in [4.69, 9.17) is 9.97 Å². The molecule has 1 fully saturated rings. The lowest BCUT2D eigenvalue weighted by Crippen LogP contribution is -2.11. The summed E-state index contributed by atoms with van der Waals surface area (Å²) in [5.74, 6) is 2.93. The van der Waals surface area contributed by atoms with Crippen LogP contribution in [-0.4, -0.2) is 9.97 Å². The molecule has 0 aliphatic heterocycles. The first-order valence-electron chi connectivity index (χ1n) is 8.45. The molecule has 0 aromatic carbocycles. The van der Waals surface area contributed by atoms with Gasteiger partial charge in [-0.15, -0.1) is 0 Å². The maximum atomic E-state index is 4.90. The standard InChI is InChI=1S/C19H26N2/c1-14-7-5-10-16(11-6-8-14)19-20-13-17-15(2)9-3-4-12-18(17)21-19/h3-4,9,12-16H,5-8,10-11H2,1-2H3. The minimum Gasteiger partial charge on any atom is -0.241 e. The highest BCUT2D eigenvalue weighted by molar-refractivity contribution is 5.54. The summed E-state index contributed by atoms with van der Waals surface area (Å²) >= 11 is 0. The number of rotatable bonds is 1. The van der Waals surface area contributed by atoms with Gasteiger partial charge in [0.25, 0.3) is 0 Å². The molecule has 2 aliphatic rings. The van der Waals surface area contributed by atoms with Crippen LogP contribution >= 0.6 is 0 Å². The third-order valence-electron chi connectivity index (χ3n) is 4.99. The molecule has 0 amide bonds. The third kappa shape index (κ3) is 3.42. The highest BCUT2D eigenvalue weighted by atomic mass is 14.9. The van der Waals surface area contributed by atoms with Crippen LogP contribution in [0.15, 0.2) is 24.4 Å². The SMILES string of the molecule is CC1CCCC(c2ncc3c(n2)C=CC=CC3C)CCC1. The van der Waals surface area contributed by atoms with E-state index >= 15 is 0 Å². The van der Waals surface area contributed by atoms with Crippen molar-refractivity contribution >= 4 is 6.08 Å². The Balaban J connectivity index is 1.81. The van der Waals surface area contributed by atoms with Crippen molar-refractivity contribution in [3.63, 3.8) is 0 Å². The minimum absolute atomic E-state index is 0.405. The van der Waals surface area contributed by atoms with E-state index in [0.717, 1.165) is 17.4 Å². The number of hydrogen-bond donors (Lipinski definition) is 0. The van der Waals surface area contributed by atoms with Gasteiger partial charge in [-0.2, -0.15) is 0 Å². The van der Waals surface area contributed by atoms with Crippen LogP contribution in [-0.2, 0) is 0 Å². The third-order valence-corrected chi connectivity index (χ3v) is 4.99. The number of allylic oxidation sites excluding steroid dienone is 3. The normalized spacial score (nSPS) is 29.3. The molecule has 0 radical (unpaired) electrons. The maximum absolute atomic E-state index is 4.90. The summed E-state index contributed by atoms with van der Waals surface area (Å²) in [6.45, 7) is 4.60. The molecule has 1 atom stereocenters. The van der Waals surface area contributed by atoms with Gasteiger partial charge in [0.2, 0.25) is 0 Å². The summed E-state index contributed by atoms with van der Waals surface area (Å²) in [5.41, 5.74) is 2.37. The van der Waals surface area contributed by atoms with E-state index in [1.54, 1.807) is 0 Å². The molecule has 0 bridgehead atoms. The molecule has 2 nitrogen and oxygen atoms in total. The smallest absolute Gasteiger partial charge is 0.132 e. The molecular formula is C19H26N2. The van der Waals surface area contributed by atoms with Gasteiger partial charge in [-0.3, -0.25) is 0 Å². The summed E-state index contributed by atoms with van der Waals surface area (Å²) in [4.78, 5) is 9.62. The van der Waals surface area contributed by atoms with Crippen molar-refractivity contribution < 1.29 is 0 Å². The minimum atomic E-state index is 0.405. The molecule has 21 heavy (non-hydrogen) atoms. The molecule has 1 aromatic rings. The predicted octanol–water partition coefficient (Wildman–Crippen LogP) is 5.24. The van der Waals surface area contributed by atoms with Gasteiger partial charge < -0.3 is 0 Å². The van der Waals surface area contributed by atoms with E-state index in [2.05, 4.69) is 44.3 Å². The van der Waals surface area contributed by atoms with Crippen molar-refractivity contribution in [1.29, 1.82) is 0 Å². The Bertz CT molecular complexity index is 534. The topological polar surface area (TPSA) is 25.8 Å². The quantitative estimate of drug-likeness (QED) is 0.704. The van der Waals surface area contributed by atoms with Crippen molar-refractivity contribution in [3.8, 4) is 0 Å². The van der Waals surface area contributed by atoms with Crippen LogP contribution in [0.1, 0.15) is 81.3 Å². The van der Waals surface area contributed by atoms with Gasteiger partial charge in [-0.05, 0) is 24.8 Å². The van der Waals surface area contributed by atoms with Crippen LogP contribution in [0, 0.1) is 5.92 Å². The fourth-order valence-electron chi connectivity index (χ4n) is 3.55. The molecule has 0 N–H and O–H groups in total.